The molecule has 0 bridgehead atoms. The minimum Gasteiger partial charge on any atom is -0.465 e. The Hall–Kier alpha value is -1.72. The van der Waals surface area contributed by atoms with E-state index in [2.05, 4.69) is 0 Å². The van der Waals surface area contributed by atoms with Crippen LogP contribution in [0.5, 0.6) is 0 Å². The van der Waals surface area contributed by atoms with Crippen molar-refractivity contribution in [3.63, 3.8) is 0 Å². The van der Waals surface area contributed by atoms with E-state index in [9.17, 15) is 19.2 Å². The van der Waals surface area contributed by atoms with Crippen molar-refractivity contribution in [1.29, 1.82) is 0 Å². The molecule has 0 amide bonds. The van der Waals surface area contributed by atoms with Crippen LogP contribution in [-0.2, 0) is 28.7 Å². The van der Waals surface area contributed by atoms with Gasteiger partial charge < -0.3 is 9.47 Å². The second kappa shape index (κ2) is 16.3. The molecule has 28 heavy (non-hydrogen) atoms. The lowest BCUT2D eigenvalue weighted by Crippen LogP contribution is -2.24. The first kappa shape index (κ1) is 26.3. The minimum absolute atomic E-state index is 0.120. The predicted molar refractivity (Wildman–Crippen MR) is 108 cm³/mol. The molecule has 0 radical (unpaired) electrons. The third kappa shape index (κ3) is 11.9. The molecule has 0 saturated carbocycles. The summed E-state index contributed by atoms with van der Waals surface area (Å²) in [6, 6.07) is 0. The number of ketones is 2. The van der Waals surface area contributed by atoms with Gasteiger partial charge >= 0.3 is 11.9 Å². The van der Waals surface area contributed by atoms with Gasteiger partial charge in [0, 0.05) is 0 Å². The van der Waals surface area contributed by atoms with Crippen LogP contribution in [0.25, 0.3) is 0 Å². The summed E-state index contributed by atoms with van der Waals surface area (Å²) < 4.78 is 9.90. The van der Waals surface area contributed by atoms with Crippen LogP contribution >= 0.6 is 0 Å². The third-order valence-corrected chi connectivity index (χ3v) is 4.86. The number of Topliss-reactive ketones (excluding diaryl/α,β-unsaturated/α-hetero) is 2. The highest BCUT2D eigenvalue weighted by atomic mass is 16.5. The maximum atomic E-state index is 11.7. The average Bonchev–Trinajstić information content (AvgIpc) is 2.62. The van der Waals surface area contributed by atoms with Crippen molar-refractivity contribution < 1.29 is 28.7 Å². The van der Waals surface area contributed by atoms with Crippen molar-refractivity contribution in [2.75, 3.05) is 13.2 Å². The molecule has 0 aromatic rings. The topological polar surface area (TPSA) is 86.7 Å². The fourth-order valence-corrected chi connectivity index (χ4v) is 3.22. The summed E-state index contributed by atoms with van der Waals surface area (Å²) in [6.45, 7) is 6.98. The van der Waals surface area contributed by atoms with Crippen molar-refractivity contribution in [1.82, 2.24) is 0 Å². The summed E-state index contributed by atoms with van der Waals surface area (Å²) in [7, 11) is 0. The van der Waals surface area contributed by atoms with E-state index in [1.807, 2.05) is 0 Å². The minimum atomic E-state index is -0.617. The Bertz CT molecular complexity index is 441. The van der Waals surface area contributed by atoms with Gasteiger partial charge in [-0.3, -0.25) is 19.2 Å². The van der Waals surface area contributed by atoms with Gasteiger partial charge in [0.25, 0.3) is 0 Å². The summed E-state index contributed by atoms with van der Waals surface area (Å²) in [6.07, 6.45) is 9.20. The molecule has 0 aliphatic heterocycles. The highest BCUT2D eigenvalue weighted by Crippen LogP contribution is 2.17. The number of carbonyl (C=O) groups is 4. The van der Waals surface area contributed by atoms with Gasteiger partial charge in [0.15, 0.2) is 0 Å². The first-order valence-corrected chi connectivity index (χ1v) is 10.7. The van der Waals surface area contributed by atoms with Crippen LogP contribution in [0.3, 0.4) is 0 Å². The highest BCUT2D eigenvalue weighted by molar-refractivity contribution is 5.98. The molecule has 0 aliphatic carbocycles. The summed E-state index contributed by atoms with van der Waals surface area (Å²) in [5.41, 5.74) is 0. The molecule has 0 heterocycles. The Morgan fingerprint density at radius 3 is 1.11 bits per heavy atom. The second-order valence-corrected chi connectivity index (χ2v) is 7.24. The van der Waals surface area contributed by atoms with Crippen LogP contribution in [0, 0.1) is 11.8 Å². The van der Waals surface area contributed by atoms with Crippen molar-refractivity contribution in [2.24, 2.45) is 11.8 Å². The molecule has 6 heteroatoms. The Labute approximate surface area is 169 Å². The molecule has 2 atom stereocenters. The zero-order valence-electron chi connectivity index (χ0n) is 18.1. The predicted octanol–water partition coefficient (Wildman–Crippen LogP) is 4.42. The monoisotopic (exact) mass is 398 g/mol. The summed E-state index contributed by atoms with van der Waals surface area (Å²) >= 11 is 0. The van der Waals surface area contributed by atoms with Crippen LogP contribution in [0.4, 0.5) is 0 Å². The molecule has 0 N–H and O–H groups in total. The van der Waals surface area contributed by atoms with Crippen molar-refractivity contribution in [3.05, 3.63) is 0 Å². The average molecular weight is 399 g/mol. The molecule has 6 nitrogen and oxygen atoms in total. The van der Waals surface area contributed by atoms with E-state index >= 15 is 0 Å². The summed E-state index contributed by atoms with van der Waals surface area (Å²) in [5, 5.41) is 0. The van der Waals surface area contributed by atoms with E-state index in [1.165, 1.54) is 13.8 Å². The lowest BCUT2D eigenvalue weighted by atomic mass is 9.96. The number of unbranched alkanes of at least 4 members (excludes halogenated alkanes) is 7. The van der Waals surface area contributed by atoms with Gasteiger partial charge in [-0.1, -0.05) is 51.4 Å². The highest BCUT2D eigenvalue weighted by Gasteiger charge is 2.24. The first-order valence-electron chi connectivity index (χ1n) is 10.7. The molecule has 0 aromatic heterocycles. The fourth-order valence-electron chi connectivity index (χ4n) is 3.22. The summed E-state index contributed by atoms with van der Waals surface area (Å²) in [4.78, 5) is 46.5. The normalized spacial score (nSPS) is 12.9. The molecular weight excluding hydrogens is 360 g/mol. The maximum absolute atomic E-state index is 11.7. The SMILES string of the molecule is CCOC(=O)C(CCCCCCCCCCC(C(C)=O)C(=O)OCC)C(C)=O. The van der Waals surface area contributed by atoms with Crippen LogP contribution in [0.2, 0.25) is 0 Å². The van der Waals surface area contributed by atoms with Gasteiger partial charge in [0.2, 0.25) is 0 Å². The Kier molecular flexibility index (Phi) is 15.3. The van der Waals surface area contributed by atoms with E-state index in [1.54, 1.807) is 13.8 Å². The van der Waals surface area contributed by atoms with Crippen molar-refractivity contribution in [2.45, 2.75) is 91.9 Å². The number of esters is 2. The zero-order valence-corrected chi connectivity index (χ0v) is 18.1. The van der Waals surface area contributed by atoms with Crippen LogP contribution < -0.4 is 0 Å². The number of hydrogen-bond donors (Lipinski definition) is 0. The van der Waals surface area contributed by atoms with E-state index < -0.39 is 23.8 Å². The van der Waals surface area contributed by atoms with E-state index in [4.69, 9.17) is 9.47 Å². The number of carbonyl (C=O) groups excluding carboxylic acids is 4. The molecule has 0 aliphatic rings. The maximum Gasteiger partial charge on any atom is 0.316 e. The summed E-state index contributed by atoms with van der Waals surface area (Å²) in [5.74, 6) is -2.28. The smallest absolute Gasteiger partial charge is 0.316 e. The molecule has 0 aromatic carbocycles. The van der Waals surface area contributed by atoms with E-state index in [-0.39, 0.29) is 11.6 Å². The van der Waals surface area contributed by atoms with E-state index in [0.717, 1.165) is 51.4 Å². The molecule has 0 rings (SSSR count). The Balaban J connectivity index is 3.78. The van der Waals surface area contributed by atoms with Gasteiger partial charge in [-0.2, -0.15) is 0 Å². The van der Waals surface area contributed by atoms with Crippen molar-refractivity contribution >= 4 is 23.5 Å². The fraction of sp³-hybridized carbons (Fsp3) is 0.818. The zero-order chi connectivity index (χ0) is 21.4. The largest absolute Gasteiger partial charge is 0.465 e. The van der Waals surface area contributed by atoms with Gasteiger partial charge in [-0.25, -0.2) is 0 Å². The third-order valence-electron chi connectivity index (χ3n) is 4.86. The lowest BCUT2D eigenvalue weighted by molar-refractivity contribution is -0.153. The Morgan fingerprint density at radius 2 is 0.857 bits per heavy atom. The van der Waals surface area contributed by atoms with Gasteiger partial charge in [0.1, 0.15) is 23.4 Å². The molecule has 0 fully saturated rings. The lowest BCUT2D eigenvalue weighted by Gasteiger charge is -2.12. The molecular formula is C22H38O6. The van der Waals surface area contributed by atoms with Crippen LogP contribution in [0.15, 0.2) is 0 Å². The van der Waals surface area contributed by atoms with Crippen molar-refractivity contribution in [3.8, 4) is 0 Å². The number of rotatable bonds is 17. The second-order valence-electron chi connectivity index (χ2n) is 7.24. The quantitative estimate of drug-likeness (QED) is 0.205. The van der Waals surface area contributed by atoms with Gasteiger partial charge in [-0.05, 0) is 40.5 Å². The van der Waals surface area contributed by atoms with Crippen LogP contribution in [0.1, 0.15) is 91.9 Å². The Morgan fingerprint density at radius 1 is 0.571 bits per heavy atom. The molecule has 0 saturated heterocycles. The number of hydrogen-bond acceptors (Lipinski definition) is 6. The molecule has 162 valence electrons. The van der Waals surface area contributed by atoms with Gasteiger partial charge in [0.05, 0.1) is 13.2 Å². The number of ether oxygens (including phenoxy) is 2. The van der Waals surface area contributed by atoms with Crippen LogP contribution in [-0.4, -0.2) is 36.7 Å². The molecule has 2 unspecified atom stereocenters. The molecule has 0 spiro atoms. The van der Waals surface area contributed by atoms with Gasteiger partial charge in [-0.15, -0.1) is 0 Å². The van der Waals surface area contributed by atoms with E-state index in [0.29, 0.717) is 26.1 Å². The standard InChI is InChI=1S/C22H38O6/c1-5-27-21(25)19(17(3)23)15-13-11-9-7-8-10-12-14-16-20(18(4)24)22(26)28-6-2/h19-20H,5-16H2,1-4H3. The first-order chi connectivity index (χ1) is 13.3.